The third kappa shape index (κ3) is 3.35. The van der Waals surface area contributed by atoms with E-state index in [1.807, 2.05) is 24.7 Å². The van der Waals surface area contributed by atoms with Crippen molar-refractivity contribution in [2.75, 3.05) is 18.0 Å². The summed E-state index contributed by atoms with van der Waals surface area (Å²) in [5, 5.41) is 16.6. The minimum absolute atomic E-state index is 0.0553. The summed E-state index contributed by atoms with van der Waals surface area (Å²) in [5.41, 5.74) is 4.53. The third-order valence-corrected chi connectivity index (χ3v) is 7.32. The molecule has 4 atom stereocenters. The summed E-state index contributed by atoms with van der Waals surface area (Å²) in [6.07, 6.45) is 8.77. The molecule has 1 amide bonds. The van der Waals surface area contributed by atoms with Crippen LogP contribution < -0.4 is 10.2 Å². The van der Waals surface area contributed by atoms with Crippen molar-refractivity contribution in [2.24, 2.45) is 24.8 Å². The number of nitriles is 1. The molecule has 0 unspecified atom stereocenters. The summed E-state index contributed by atoms with van der Waals surface area (Å²) in [7, 11) is 1.98. The zero-order chi connectivity index (χ0) is 22.7. The molecule has 2 fully saturated rings. The largest absolute Gasteiger partial charge is 0.343 e. The predicted octanol–water partition coefficient (Wildman–Crippen LogP) is 1.39. The normalized spacial score (nSPS) is 24.9. The van der Waals surface area contributed by atoms with Crippen LogP contribution in [0.5, 0.6) is 0 Å². The van der Waals surface area contributed by atoms with Crippen molar-refractivity contribution < 1.29 is 4.79 Å². The first-order valence-electron chi connectivity index (χ1n) is 11.3. The SMILES string of the molecule is Cc1nc(N2C[C@@H]3[C@H](C#N)[C@@H]3C2)ncc1Cn1cc(C(=O)N[C@@H]2CCc3c2ncn3C)cn1. The smallest absolute Gasteiger partial charge is 0.255 e. The van der Waals surface area contributed by atoms with Crippen LogP contribution in [-0.4, -0.2) is 48.3 Å². The summed E-state index contributed by atoms with van der Waals surface area (Å²) in [6, 6.07) is 2.33. The number of carbonyl (C=O) groups excluding carboxylic acids is 1. The van der Waals surface area contributed by atoms with Crippen molar-refractivity contribution in [3.05, 3.63) is 53.1 Å². The Balaban J connectivity index is 1.10. The average molecular weight is 444 g/mol. The van der Waals surface area contributed by atoms with Crippen LogP contribution in [0.1, 0.15) is 45.5 Å². The van der Waals surface area contributed by atoms with Crippen LogP contribution in [-0.2, 0) is 20.0 Å². The van der Waals surface area contributed by atoms with Gasteiger partial charge >= 0.3 is 0 Å². The van der Waals surface area contributed by atoms with Gasteiger partial charge in [-0.3, -0.25) is 9.48 Å². The second-order valence-electron chi connectivity index (χ2n) is 9.35. The van der Waals surface area contributed by atoms with E-state index < -0.39 is 0 Å². The number of hydrogen-bond donors (Lipinski definition) is 1. The molecule has 1 saturated carbocycles. The molecule has 10 nitrogen and oxygen atoms in total. The zero-order valence-electron chi connectivity index (χ0n) is 18.6. The first-order chi connectivity index (χ1) is 16.0. The molecule has 33 heavy (non-hydrogen) atoms. The molecular weight excluding hydrogens is 418 g/mol. The Morgan fingerprint density at radius 1 is 1.27 bits per heavy atom. The Kier molecular flexibility index (Phi) is 4.47. The zero-order valence-corrected chi connectivity index (χ0v) is 18.6. The number of aromatic nitrogens is 6. The molecule has 168 valence electrons. The van der Waals surface area contributed by atoms with Crippen LogP contribution >= 0.6 is 0 Å². The standard InChI is InChI=1S/C23H25N9O/c1-13-14(6-25-23(28-13)31-10-17-16(5-24)18(17)11-31)8-32-9-15(7-27-32)22(33)29-19-3-4-20-21(19)26-12-30(20)2/h6-7,9,12,16-19H,3-4,8,10-11H2,1-2H3,(H,29,33)/t16-,17+,18-,19-/m1/s1. The number of anilines is 1. The second-order valence-corrected chi connectivity index (χ2v) is 9.35. The van der Waals surface area contributed by atoms with Crippen LogP contribution in [0.3, 0.4) is 0 Å². The number of rotatable bonds is 5. The number of nitrogens with zero attached hydrogens (tertiary/aromatic N) is 8. The molecule has 0 bridgehead atoms. The van der Waals surface area contributed by atoms with Crippen molar-refractivity contribution in [2.45, 2.75) is 32.4 Å². The molecule has 10 heteroatoms. The van der Waals surface area contributed by atoms with Crippen LogP contribution in [0.2, 0.25) is 0 Å². The molecule has 1 saturated heterocycles. The van der Waals surface area contributed by atoms with Gasteiger partial charge in [0.05, 0.1) is 48.4 Å². The first kappa shape index (κ1) is 19.9. The molecule has 3 aromatic heterocycles. The number of hydrogen-bond acceptors (Lipinski definition) is 7. The van der Waals surface area contributed by atoms with E-state index in [0.717, 1.165) is 48.8 Å². The summed E-state index contributed by atoms with van der Waals surface area (Å²) in [4.78, 5) is 28.6. The fraction of sp³-hybridized carbons (Fsp3) is 0.478. The van der Waals surface area contributed by atoms with E-state index in [1.54, 1.807) is 23.4 Å². The lowest BCUT2D eigenvalue weighted by Crippen LogP contribution is -2.27. The van der Waals surface area contributed by atoms with Gasteiger partial charge in [-0.15, -0.1) is 0 Å². The summed E-state index contributed by atoms with van der Waals surface area (Å²) >= 11 is 0. The van der Waals surface area contributed by atoms with Crippen LogP contribution in [0, 0.1) is 36.0 Å². The van der Waals surface area contributed by atoms with Crippen LogP contribution in [0.4, 0.5) is 5.95 Å². The van der Waals surface area contributed by atoms with Gasteiger partial charge in [-0.1, -0.05) is 0 Å². The lowest BCUT2D eigenvalue weighted by atomic mass is 10.2. The number of aryl methyl sites for hydroxylation is 2. The van der Waals surface area contributed by atoms with Gasteiger partial charge in [-0.25, -0.2) is 15.0 Å². The van der Waals surface area contributed by atoms with Gasteiger partial charge in [0.15, 0.2) is 0 Å². The van der Waals surface area contributed by atoms with Crippen LogP contribution in [0.15, 0.2) is 24.9 Å². The van der Waals surface area contributed by atoms with Crippen molar-refractivity contribution in [3.8, 4) is 6.07 Å². The Hall–Kier alpha value is -3.74. The Labute approximate surface area is 191 Å². The molecule has 6 rings (SSSR count). The minimum Gasteiger partial charge on any atom is -0.343 e. The van der Waals surface area contributed by atoms with Crippen molar-refractivity contribution in [1.29, 1.82) is 5.26 Å². The average Bonchev–Trinajstić information content (AvgIpc) is 3.36. The maximum Gasteiger partial charge on any atom is 0.255 e. The minimum atomic E-state index is -0.142. The van der Waals surface area contributed by atoms with Gasteiger partial charge in [-0.2, -0.15) is 10.4 Å². The predicted molar refractivity (Wildman–Crippen MR) is 118 cm³/mol. The molecule has 0 radical (unpaired) electrons. The number of nitrogens with one attached hydrogen (secondary N) is 1. The van der Waals surface area contributed by atoms with E-state index >= 15 is 0 Å². The lowest BCUT2D eigenvalue weighted by Gasteiger charge is -2.19. The molecule has 0 spiro atoms. The third-order valence-electron chi connectivity index (χ3n) is 7.32. The van der Waals surface area contributed by atoms with E-state index in [2.05, 4.69) is 31.4 Å². The topological polar surface area (TPSA) is 118 Å². The maximum absolute atomic E-state index is 12.8. The fourth-order valence-corrected chi connectivity index (χ4v) is 5.28. The summed E-state index contributed by atoms with van der Waals surface area (Å²) in [6.45, 7) is 4.19. The van der Waals surface area contributed by atoms with Gasteiger partial charge in [-0.05, 0) is 31.6 Å². The Morgan fingerprint density at radius 2 is 2.09 bits per heavy atom. The van der Waals surface area contributed by atoms with Gasteiger partial charge in [0, 0.05) is 49.5 Å². The molecular formula is C23H25N9O. The first-order valence-corrected chi connectivity index (χ1v) is 11.3. The monoisotopic (exact) mass is 443 g/mol. The highest BCUT2D eigenvalue weighted by atomic mass is 16.1. The molecule has 0 aromatic carbocycles. The number of imidazole rings is 1. The van der Waals surface area contributed by atoms with E-state index in [9.17, 15) is 4.79 Å². The molecule has 3 aromatic rings. The van der Waals surface area contributed by atoms with Crippen molar-refractivity contribution >= 4 is 11.9 Å². The number of piperidine rings is 1. The van der Waals surface area contributed by atoms with Gasteiger partial charge < -0.3 is 14.8 Å². The molecule has 2 aliphatic carbocycles. The summed E-state index contributed by atoms with van der Waals surface area (Å²) < 4.78 is 3.76. The molecule has 3 aliphatic rings. The maximum atomic E-state index is 12.8. The Morgan fingerprint density at radius 3 is 2.85 bits per heavy atom. The highest BCUT2D eigenvalue weighted by molar-refractivity contribution is 5.94. The highest BCUT2D eigenvalue weighted by Gasteiger charge is 2.56. The number of carbonyl (C=O) groups is 1. The fourth-order valence-electron chi connectivity index (χ4n) is 5.28. The highest BCUT2D eigenvalue weighted by Crippen LogP contribution is 2.51. The van der Waals surface area contributed by atoms with Gasteiger partial charge in [0.25, 0.3) is 5.91 Å². The van der Waals surface area contributed by atoms with E-state index in [1.165, 1.54) is 5.69 Å². The van der Waals surface area contributed by atoms with E-state index in [0.29, 0.717) is 23.9 Å². The Bertz CT molecular complexity index is 1270. The van der Waals surface area contributed by atoms with E-state index in [-0.39, 0.29) is 17.9 Å². The van der Waals surface area contributed by atoms with Crippen molar-refractivity contribution in [3.63, 3.8) is 0 Å². The summed E-state index contributed by atoms with van der Waals surface area (Å²) in [5.74, 6) is 1.75. The molecule has 1 aliphatic heterocycles. The van der Waals surface area contributed by atoms with E-state index in [4.69, 9.17) is 10.2 Å². The quantitative estimate of drug-likeness (QED) is 0.633. The lowest BCUT2D eigenvalue weighted by molar-refractivity contribution is 0.0936. The number of amides is 1. The van der Waals surface area contributed by atoms with Gasteiger partial charge in [0.2, 0.25) is 5.95 Å². The molecule has 1 N–H and O–H groups in total. The number of fused-ring (bicyclic) bond motifs is 2. The van der Waals surface area contributed by atoms with Crippen LogP contribution in [0.25, 0.3) is 0 Å². The van der Waals surface area contributed by atoms with Gasteiger partial charge in [0.1, 0.15) is 0 Å². The molecule has 4 heterocycles. The second kappa shape index (κ2) is 7.40. The van der Waals surface area contributed by atoms with Crippen molar-refractivity contribution in [1.82, 2.24) is 34.6 Å².